The van der Waals surface area contributed by atoms with Gasteiger partial charge in [-0.15, -0.1) is 0 Å². The van der Waals surface area contributed by atoms with Gasteiger partial charge in [0.25, 0.3) is 0 Å². The fraction of sp³-hybridized carbons (Fsp3) is 0.833. The van der Waals surface area contributed by atoms with Crippen molar-refractivity contribution >= 4 is 11.9 Å². The van der Waals surface area contributed by atoms with Crippen molar-refractivity contribution in [1.29, 1.82) is 0 Å². The van der Waals surface area contributed by atoms with Gasteiger partial charge in [0.15, 0.2) is 0 Å². The standard InChI is InChI=1S/C12H20N2O3/c1-12(2,3)17-11(16)14-5-4-13-8-10(15)6-9(13)7-14/h9H,4-8H2,1-3H3/t9-/m0/s1. The van der Waals surface area contributed by atoms with Crippen molar-refractivity contribution in [1.82, 2.24) is 9.80 Å². The number of amides is 1. The van der Waals surface area contributed by atoms with E-state index in [0.29, 0.717) is 26.1 Å². The summed E-state index contributed by atoms with van der Waals surface area (Å²) in [6.45, 7) is 8.17. The molecule has 2 saturated heterocycles. The molecule has 5 nitrogen and oxygen atoms in total. The Kier molecular flexibility index (Phi) is 3.12. The summed E-state index contributed by atoms with van der Waals surface area (Å²) in [6.07, 6.45) is 0.302. The summed E-state index contributed by atoms with van der Waals surface area (Å²) in [7, 11) is 0. The molecule has 0 aromatic rings. The average molecular weight is 240 g/mol. The summed E-state index contributed by atoms with van der Waals surface area (Å²) in [5.74, 6) is 0.279. The number of nitrogens with zero attached hydrogens (tertiary/aromatic N) is 2. The molecule has 0 aliphatic carbocycles. The van der Waals surface area contributed by atoms with Crippen LogP contribution >= 0.6 is 0 Å². The Labute approximate surface area is 102 Å². The maximum absolute atomic E-state index is 11.9. The summed E-state index contributed by atoms with van der Waals surface area (Å²) < 4.78 is 5.34. The first-order valence-electron chi connectivity index (χ1n) is 6.09. The van der Waals surface area contributed by atoms with Crippen molar-refractivity contribution in [3.63, 3.8) is 0 Å². The lowest BCUT2D eigenvalue weighted by atomic mass is 10.1. The third-order valence-electron chi connectivity index (χ3n) is 3.10. The van der Waals surface area contributed by atoms with Crippen LogP contribution in [0.4, 0.5) is 4.79 Å². The first-order valence-corrected chi connectivity index (χ1v) is 6.09. The van der Waals surface area contributed by atoms with E-state index in [1.165, 1.54) is 0 Å². The van der Waals surface area contributed by atoms with Gasteiger partial charge in [-0.1, -0.05) is 0 Å². The highest BCUT2D eigenvalue weighted by atomic mass is 16.6. The SMILES string of the molecule is CC(C)(C)OC(=O)N1CCN2CC(=O)C[C@H]2C1. The number of ether oxygens (including phenoxy) is 1. The third-order valence-corrected chi connectivity index (χ3v) is 3.10. The highest BCUT2D eigenvalue weighted by Gasteiger charge is 2.37. The van der Waals surface area contributed by atoms with Gasteiger partial charge < -0.3 is 9.64 Å². The summed E-state index contributed by atoms with van der Waals surface area (Å²) >= 11 is 0. The fourth-order valence-corrected chi connectivity index (χ4v) is 2.34. The maximum atomic E-state index is 11.9. The van der Waals surface area contributed by atoms with E-state index in [1.54, 1.807) is 4.90 Å². The van der Waals surface area contributed by atoms with E-state index in [4.69, 9.17) is 4.74 Å². The molecule has 2 aliphatic rings. The quantitative estimate of drug-likeness (QED) is 0.630. The molecule has 0 bridgehead atoms. The average Bonchev–Trinajstić information content (AvgIpc) is 2.53. The van der Waals surface area contributed by atoms with Crippen LogP contribution < -0.4 is 0 Å². The number of hydrogen-bond acceptors (Lipinski definition) is 4. The largest absolute Gasteiger partial charge is 0.444 e. The molecule has 0 unspecified atom stereocenters. The molecule has 0 aromatic carbocycles. The summed E-state index contributed by atoms with van der Waals surface area (Å²) in [6, 6.07) is 0.198. The van der Waals surface area contributed by atoms with Crippen molar-refractivity contribution < 1.29 is 14.3 Å². The van der Waals surface area contributed by atoms with E-state index in [1.807, 2.05) is 20.8 Å². The molecule has 2 heterocycles. The van der Waals surface area contributed by atoms with Crippen molar-refractivity contribution in [2.45, 2.75) is 38.8 Å². The number of hydrogen-bond donors (Lipinski definition) is 0. The molecule has 0 aromatic heterocycles. The number of Topliss-reactive ketones (excluding diaryl/α,β-unsaturated/α-hetero) is 1. The molecule has 0 saturated carbocycles. The molecular weight excluding hydrogens is 220 g/mol. The second-order valence-electron chi connectivity index (χ2n) is 5.79. The van der Waals surface area contributed by atoms with Crippen molar-refractivity contribution in [2.75, 3.05) is 26.2 Å². The van der Waals surface area contributed by atoms with Crippen LogP contribution in [0.25, 0.3) is 0 Å². The Morgan fingerprint density at radius 1 is 1.35 bits per heavy atom. The van der Waals surface area contributed by atoms with E-state index in [9.17, 15) is 9.59 Å². The number of carbonyl (C=O) groups is 2. The van der Waals surface area contributed by atoms with E-state index in [-0.39, 0.29) is 17.9 Å². The summed E-state index contributed by atoms with van der Waals surface area (Å²) in [5, 5.41) is 0. The van der Waals surface area contributed by atoms with E-state index >= 15 is 0 Å². The summed E-state index contributed by atoms with van der Waals surface area (Å²) in [4.78, 5) is 27.1. The van der Waals surface area contributed by atoms with Gasteiger partial charge in [0.2, 0.25) is 0 Å². The Balaban J connectivity index is 1.92. The molecule has 0 N–H and O–H groups in total. The molecule has 1 atom stereocenters. The van der Waals surface area contributed by atoms with Crippen LogP contribution in [-0.2, 0) is 9.53 Å². The van der Waals surface area contributed by atoms with Crippen LogP contribution in [0.15, 0.2) is 0 Å². The highest BCUT2D eigenvalue weighted by molar-refractivity contribution is 5.83. The van der Waals surface area contributed by atoms with E-state index in [0.717, 1.165) is 6.54 Å². The topological polar surface area (TPSA) is 49.9 Å². The lowest BCUT2D eigenvalue weighted by molar-refractivity contribution is -0.116. The molecule has 2 rings (SSSR count). The van der Waals surface area contributed by atoms with Crippen LogP contribution in [0.2, 0.25) is 0 Å². The summed E-state index contributed by atoms with van der Waals surface area (Å²) in [5.41, 5.74) is -0.459. The van der Waals surface area contributed by atoms with Gasteiger partial charge in [-0.25, -0.2) is 4.79 Å². The zero-order valence-electron chi connectivity index (χ0n) is 10.7. The minimum Gasteiger partial charge on any atom is -0.444 e. The monoisotopic (exact) mass is 240 g/mol. The van der Waals surface area contributed by atoms with Crippen molar-refractivity contribution in [3.8, 4) is 0 Å². The molecule has 5 heteroatoms. The predicted octanol–water partition coefficient (Wildman–Crippen LogP) is 0.880. The van der Waals surface area contributed by atoms with Crippen LogP contribution in [0, 0.1) is 0 Å². The Morgan fingerprint density at radius 3 is 2.71 bits per heavy atom. The number of piperazine rings is 1. The van der Waals surface area contributed by atoms with Crippen LogP contribution in [0.1, 0.15) is 27.2 Å². The van der Waals surface area contributed by atoms with Gasteiger partial charge in [0, 0.05) is 32.1 Å². The minimum absolute atomic E-state index is 0.198. The Morgan fingerprint density at radius 2 is 2.06 bits per heavy atom. The number of ketones is 1. The number of fused-ring (bicyclic) bond motifs is 1. The second kappa shape index (κ2) is 4.29. The molecule has 2 fully saturated rings. The molecule has 1 amide bonds. The van der Waals surface area contributed by atoms with Crippen LogP contribution in [-0.4, -0.2) is 59.5 Å². The second-order valence-corrected chi connectivity index (χ2v) is 5.79. The van der Waals surface area contributed by atoms with Crippen molar-refractivity contribution in [2.24, 2.45) is 0 Å². The fourth-order valence-electron chi connectivity index (χ4n) is 2.34. The van der Waals surface area contributed by atoms with E-state index in [2.05, 4.69) is 4.90 Å². The lowest BCUT2D eigenvalue weighted by Crippen LogP contribution is -2.53. The lowest BCUT2D eigenvalue weighted by Gasteiger charge is -2.37. The molecule has 0 spiro atoms. The molecule has 0 radical (unpaired) electrons. The van der Waals surface area contributed by atoms with Crippen LogP contribution in [0.5, 0.6) is 0 Å². The van der Waals surface area contributed by atoms with Gasteiger partial charge in [-0.3, -0.25) is 9.69 Å². The van der Waals surface area contributed by atoms with Crippen LogP contribution in [0.3, 0.4) is 0 Å². The molecule has 17 heavy (non-hydrogen) atoms. The van der Waals surface area contributed by atoms with Gasteiger partial charge >= 0.3 is 6.09 Å². The maximum Gasteiger partial charge on any atom is 0.410 e. The van der Waals surface area contributed by atoms with Gasteiger partial charge in [-0.05, 0) is 20.8 Å². The molecule has 96 valence electrons. The molecular formula is C12H20N2O3. The third kappa shape index (κ3) is 2.97. The van der Waals surface area contributed by atoms with Crippen molar-refractivity contribution in [3.05, 3.63) is 0 Å². The first kappa shape index (κ1) is 12.4. The van der Waals surface area contributed by atoms with Gasteiger partial charge in [0.1, 0.15) is 11.4 Å². The Hall–Kier alpha value is -1.10. The smallest absolute Gasteiger partial charge is 0.410 e. The molecule has 2 aliphatic heterocycles. The zero-order chi connectivity index (χ0) is 12.6. The van der Waals surface area contributed by atoms with Gasteiger partial charge in [-0.2, -0.15) is 0 Å². The first-order chi connectivity index (χ1) is 7.85. The minimum atomic E-state index is -0.459. The van der Waals surface area contributed by atoms with Gasteiger partial charge in [0.05, 0.1) is 6.54 Å². The number of carbonyl (C=O) groups excluding carboxylic acids is 2. The number of rotatable bonds is 0. The zero-order valence-corrected chi connectivity index (χ0v) is 10.7. The normalized spacial score (nSPS) is 25.9. The predicted molar refractivity (Wildman–Crippen MR) is 62.8 cm³/mol. The Bertz CT molecular complexity index is 335. The highest BCUT2D eigenvalue weighted by Crippen LogP contribution is 2.21. The van der Waals surface area contributed by atoms with E-state index < -0.39 is 5.60 Å².